The summed E-state index contributed by atoms with van der Waals surface area (Å²) in [5, 5.41) is 8.08. The Bertz CT molecular complexity index is 845. The Hall–Kier alpha value is -2.94. The minimum Gasteiger partial charge on any atom is -0.461 e. The lowest BCUT2D eigenvalue weighted by molar-refractivity contribution is -0.134. The SMILES string of the molecule is CCOC(=O)/C(=N\Nc1cc(-c2ccccc2)on1)C1=NC(=O)CS1. The van der Waals surface area contributed by atoms with Gasteiger partial charge in [-0.1, -0.05) is 47.3 Å². The number of esters is 1. The molecule has 0 spiro atoms. The van der Waals surface area contributed by atoms with E-state index in [0.717, 1.165) is 17.3 Å². The normalized spacial score (nSPS) is 14.4. The van der Waals surface area contributed by atoms with Crippen molar-refractivity contribution in [2.24, 2.45) is 10.1 Å². The molecule has 0 radical (unpaired) electrons. The average Bonchev–Trinajstić information content (AvgIpc) is 3.26. The van der Waals surface area contributed by atoms with Gasteiger partial charge in [0.15, 0.2) is 11.6 Å². The molecule has 3 rings (SSSR count). The summed E-state index contributed by atoms with van der Waals surface area (Å²) < 4.78 is 10.2. The number of carbonyl (C=O) groups is 2. The molecule has 1 aromatic heterocycles. The van der Waals surface area contributed by atoms with Crippen LogP contribution >= 0.6 is 11.8 Å². The zero-order chi connectivity index (χ0) is 17.6. The van der Waals surface area contributed by atoms with Crippen molar-refractivity contribution in [1.82, 2.24) is 5.16 Å². The number of rotatable bonds is 6. The van der Waals surface area contributed by atoms with Crippen molar-refractivity contribution in [1.29, 1.82) is 0 Å². The van der Waals surface area contributed by atoms with Gasteiger partial charge >= 0.3 is 5.97 Å². The summed E-state index contributed by atoms with van der Waals surface area (Å²) >= 11 is 1.13. The quantitative estimate of drug-likeness (QED) is 0.480. The second kappa shape index (κ2) is 7.75. The number of anilines is 1. The topological polar surface area (TPSA) is 106 Å². The first-order valence-electron chi connectivity index (χ1n) is 7.45. The number of hydrogen-bond acceptors (Lipinski definition) is 8. The molecule has 0 atom stereocenters. The highest BCUT2D eigenvalue weighted by molar-refractivity contribution is 8.17. The Labute approximate surface area is 147 Å². The van der Waals surface area contributed by atoms with Crippen molar-refractivity contribution in [3.8, 4) is 11.3 Å². The molecule has 0 saturated carbocycles. The number of carbonyl (C=O) groups excluding carboxylic acids is 2. The van der Waals surface area contributed by atoms with E-state index in [0.29, 0.717) is 11.6 Å². The van der Waals surface area contributed by atoms with Gasteiger partial charge in [0.2, 0.25) is 5.71 Å². The largest absolute Gasteiger partial charge is 0.461 e. The zero-order valence-electron chi connectivity index (χ0n) is 13.3. The van der Waals surface area contributed by atoms with Crippen molar-refractivity contribution in [2.45, 2.75) is 6.92 Å². The number of amides is 1. The van der Waals surface area contributed by atoms with Crippen LogP contribution in [0, 0.1) is 0 Å². The summed E-state index contributed by atoms with van der Waals surface area (Å²) in [6.07, 6.45) is 0. The van der Waals surface area contributed by atoms with Gasteiger partial charge in [0.1, 0.15) is 5.04 Å². The van der Waals surface area contributed by atoms with Crippen LogP contribution in [-0.2, 0) is 14.3 Å². The first-order valence-corrected chi connectivity index (χ1v) is 8.43. The monoisotopic (exact) mass is 358 g/mol. The molecule has 0 fully saturated rings. The van der Waals surface area contributed by atoms with Crippen LogP contribution in [0.3, 0.4) is 0 Å². The van der Waals surface area contributed by atoms with Crippen LogP contribution in [-0.4, -0.2) is 40.1 Å². The minimum absolute atomic E-state index is 0.0676. The fraction of sp³-hybridized carbons (Fsp3) is 0.188. The van der Waals surface area contributed by atoms with Crippen molar-refractivity contribution in [2.75, 3.05) is 17.8 Å². The molecule has 1 N–H and O–H groups in total. The molecule has 128 valence electrons. The number of ether oxygens (including phenoxy) is 1. The maximum atomic E-state index is 12.0. The van der Waals surface area contributed by atoms with Crippen molar-refractivity contribution >= 4 is 40.2 Å². The van der Waals surface area contributed by atoms with Crippen LogP contribution < -0.4 is 5.43 Å². The van der Waals surface area contributed by atoms with Gasteiger partial charge in [-0.25, -0.2) is 9.79 Å². The highest BCUT2D eigenvalue weighted by atomic mass is 32.2. The number of thioether (sulfide) groups is 1. The lowest BCUT2D eigenvalue weighted by Crippen LogP contribution is -2.25. The molecule has 1 aliphatic rings. The Kier molecular flexibility index (Phi) is 5.24. The van der Waals surface area contributed by atoms with Gasteiger partial charge in [0, 0.05) is 11.6 Å². The smallest absolute Gasteiger partial charge is 0.361 e. The average molecular weight is 358 g/mol. The van der Waals surface area contributed by atoms with Crippen LogP contribution in [0.1, 0.15) is 6.92 Å². The standard InChI is InChI=1S/C16H14N4O4S/c1-2-23-16(22)14(15-17-13(21)9-25-15)19-18-12-8-11(24-20-12)10-6-4-3-5-7-10/h3-8H,2,9H2,1H3,(H,18,20)/b19-14-. The van der Waals surface area contributed by atoms with E-state index in [-0.39, 0.29) is 29.0 Å². The molecule has 2 heterocycles. The van der Waals surface area contributed by atoms with E-state index >= 15 is 0 Å². The molecular formula is C16H14N4O4S. The third-order valence-electron chi connectivity index (χ3n) is 3.08. The summed E-state index contributed by atoms with van der Waals surface area (Å²) in [5.74, 6) is 0.0671. The molecule has 1 amide bonds. The second-order valence-electron chi connectivity index (χ2n) is 4.83. The molecule has 2 aromatic rings. The molecule has 9 heteroatoms. The van der Waals surface area contributed by atoms with Crippen LogP contribution in [0.25, 0.3) is 11.3 Å². The van der Waals surface area contributed by atoms with E-state index in [9.17, 15) is 9.59 Å². The van der Waals surface area contributed by atoms with Crippen LogP contribution in [0.5, 0.6) is 0 Å². The number of aromatic nitrogens is 1. The maximum absolute atomic E-state index is 12.0. The first-order chi connectivity index (χ1) is 12.2. The summed E-state index contributed by atoms with van der Waals surface area (Å²) in [6.45, 7) is 1.87. The number of nitrogens with zero attached hydrogens (tertiary/aromatic N) is 3. The first kappa shape index (κ1) is 16.9. The fourth-order valence-corrected chi connectivity index (χ4v) is 2.75. The number of hydrogen-bond donors (Lipinski definition) is 1. The predicted octanol–water partition coefficient (Wildman–Crippen LogP) is 2.34. The Balaban J connectivity index is 1.79. The van der Waals surface area contributed by atoms with E-state index < -0.39 is 5.97 Å². The van der Waals surface area contributed by atoms with Crippen LogP contribution in [0.4, 0.5) is 5.82 Å². The minimum atomic E-state index is -0.664. The molecule has 1 aliphatic heterocycles. The number of aliphatic imine (C=N–C) groups is 1. The van der Waals surface area contributed by atoms with Gasteiger partial charge in [-0.05, 0) is 6.92 Å². The second-order valence-corrected chi connectivity index (χ2v) is 5.80. The van der Waals surface area contributed by atoms with Gasteiger partial charge in [0.05, 0.1) is 12.4 Å². The van der Waals surface area contributed by atoms with E-state index in [4.69, 9.17) is 9.26 Å². The zero-order valence-corrected chi connectivity index (χ0v) is 14.1. The molecule has 0 unspecified atom stereocenters. The van der Waals surface area contributed by atoms with Gasteiger partial charge in [0.25, 0.3) is 5.91 Å². The van der Waals surface area contributed by atoms with Crippen LogP contribution in [0.2, 0.25) is 0 Å². The Morgan fingerprint density at radius 3 is 2.88 bits per heavy atom. The Morgan fingerprint density at radius 1 is 1.40 bits per heavy atom. The summed E-state index contributed by atoms with van der Waals surface area (Å²) in [7, 11) is 0. The van der Waals surface area contributed by atoms with E-state index in [1.807, 2.05) is 30.3 Å². The van der Waals surface area contributed by atoms with Crippen molar-refractivity contribution in [3.05, 3.63) is 36.4 Å². The molecule has 25 heavy (non-hydrogen) atoms. The highest BCUT2D eigenvalue weighted by Gasteiger charge is 2.26. The maximum Gasteiger partial charge on any atom is 0.361 e. The number of nitrogens with one attached hydrogen (secondary N) is 1. The third kappa shape index (κ3) is 4.13. The summed E-state index contributed by atoms with van der Waals surface area (Å²) in [4.78, 5) is 27.1. The lowest BCUT2D eigenvalue weighted by atomic mass is 10.2. The van der Waals surface area contributed by atoms with E-state index in [2.05, 4.69) is 20.7 Å². The number of hydrazone groups is 1. The molecule has 0 bridgehead atoms. The molecule has 8 nitrogen and oxygen atoms in total. The van der Waals surface area contributed by atoms with Crippen molar-refractivity contribution in [3.63, 3.8) is 0 Å². The Morgan fingerprint density at radius 2 is 2.20 bits per heavy atom. The molecule has 0 aliphatic carbocycles. The number of benzene rings is 1. The van der Waals surface area contributed by atoms with E-state index in [1.165, 1.54) is 0 Å². The highest BCUT2D eigenvalue weighted by Crippen LogP contribution is 2.22. The van der Waals surface area contributed by atoms with Gasteiger partial charge in [-0.2, -0.15) is 5.10 Å². The van der Waals surface area contributed by atoms with Crippen LogP contribution in [0.15, 0.2) is 51.0 Å². The summed E-state index contributed by atoms with van der Waals surface area (Å²) in [6, 6.07) is 11.1. The van der Waals surface area contributed by atoms with Crippen molar-refractivity contribution < 1.29 is 18.8 Å². The predicted molar refractivity (Wildman–Crippen MR) is 94.5 cm³/mol. The van der Waals surface area contributed by atoms with Gasteiger partial charge in [-0.3, -0.25) is 10.2 Å². The third-order valence-corrected chi connectivity index (χ3v) is 4.03. The van der Waals surface area contributed by atoms with Gasteiger partial charge < -0.3 is 9.26 Å². The lowest BCUT2D eigenvalue weighted by Gasteiger charge is -2.04. The fourth-order valence-electron chi connectivity index (χ4n) is 1.99. The molecule has 1 aromatic carbocycles. The molecular weight excluding hydrogens is 344 g/mol. The summed E-state index contributed by atoms with van der Waals surface area (Å²) in [5.41, 5.74) is 3.44. The molecule has 0 saturated heterocycles. The van der Waals surface area contributed by atoms with Gasteiger partial charge in [-0.15, -0.1) is 0 Å². The van der Waals surface area contributed by atoms with E-state index in [1.54, 1.807) is 13.0 Å².